The van der Waals surface area contributed by atoms with Gasteiger partial charge in [-0.3, -0.25) is 14.5 Å². The van der Waals surface area contributed by atoms with Gasteiger partial charge < -0.3 is 20.3 Å². The number of ether oxygens (including phenoxy) is 1. The smallest absolute Gasteiger partial charge is 0.327 e. The molecule has 10 nitrogen and oxygen atoms in total. The zero-order valence-corrected chi connectivity index (χ0v) is 22.0. The molecule has 198 valence electrons. The molecule has 2 N–H and O–H groups in total. The lowest BCUT2D eigenvalue weighted by Crippen LogP contribution is -2.53. The Balaban J connectivity index is 1.22. The number of pyridine rings is 2. The number of carbonyl (C=O) groups excluding carboxylic acids is 3. The molecule has 4 amide bonds. The van der Waals surface area contributed by atoms with E-state index in [9.17, 15) is 14.4 Å². The number of aromatic nitrogens is 2. The molecule has 0 radical (unpaired) electrons. The molecular formula is C27H30N6O4S. The number of piperidine rings is 1. The molecule has 3 atom stereocenters. The molecule has 1 saturated heterocycles. The summed E-state index contributed by atoms with van der Waals surface area (Å²) in [6.07, 6.45) is 9.71. The van der Waals surface area contributed by atoms with Crippen molar-refractivity contribution in [3.05, 3.63) is 48.3 Å². The van der Waals surface area contributed by atoms with Crippen molar-refractivity contribution in [3.8, 4) is 5.88 Å². The first-order chi connectivity index (χ1) is 18.4. The summed E-state index contributed by atoms with van der Waals surface area (Å²) in [7, 11) is 0. The fourth-order valence-electron chi connectivity index (χ4n) is 5.45. The summed E-state index contributed by atoms with van der Waals surface area (Å²) in [6, 6.07) is 2.69. The maximum absolute atomic E-state index is 13.5. The molecule has 2 aromatic rings. The Morgan fingerprint density at radius 3 is 2.82 bits per heavy atom. The van der Waals surface area contributed by atoms with Crippen molar-refractivity contribution in [2.24, 2.45) is 0 Å². The van der Waals surface area contributed by atoms with Crippen LogP contribution in [0.2, 0.25) is 0 Å². The van der Waals surface area contributed by atoms with E-state index in [-0.39, 0.29) is 30.0 Å². The number of nitrogens with zero attached hydrogens (tertiary/aromatic N) is 4. The summed E-state index contributed by atoms with van der Waals surface area (Å²) in [5.74, 6) is 0.257. The Labute approximate surface area is 225 Å². The molecular weight excluding hydrogens is 504 g/mol. The van der Waals surface area contributed by atoms with Gasteiger partial charge in [0.2, 0.25) is 17.7 Å². The highest BCUT2D eigenvalue weighted by atomic mass is 32.2. The molecule has 0 aromatic carbocycles. The zero-order valence-electron chi connectivity index (χ0n) is 21.2. The summed E-state index contributed by atoms with van der Waals surface area (Å²) < 4.78 is 5.93. The van der Waals surface area contributed by atoms with Crippen molar-refractivity contribution in [2.75, 3.05) is 18.0 Å². The van der Waals surface area contributed by atoms with Gasteiger partial charge >= 0.3 is 6.03 Å². The van der Waals surface area contributed by atoms with E-state index >= 15 is 0 Å². The number of hydrogen-bond donors (Lipinski definition) is 2. The van der Waals surface area contributed by atoms with E-state index in [1.807, 2.05) is 19.1 Å². The second kappa shape index (κ2) is 9.94. The number of hydrogen-bond acceptors (Lipinski definition) is 7. The first kappa shape index (κ1) is 24.7. The molecule has 11 heteroatoms. The first-order valence-corrected chi connectivity index (χ1v) is 13.9. The van der Waals surface area contributed by atoms with Gasteiger partial charge in [0.05, 0.1) is 23.6 Å². The minimum atomic E-state index is -0.562. The van der Waals surface area contributed by atoms with Crippen molar-refractivity contribution in [1.82, 2.24) is 25.5 Å². The van der Waals surface area contributed by atoms with Crippen LogP contribution in [-0.4, -0.2) is 63.2 Å². The SMILES string of the molecule is C=CC(=O)N1CCCC(NC(=O)[C@@H]2Sc3nccc4c3C2NC(=O)N4c2cnc(OC3CCC3)cc2C)C1. The Morgan fingerprint density at radius 2 is 2.08 bits per heavy atom. The van der Waals surface area contributed by atoms with Gasteiger partial charge in [-0.05, 0) is 56.7 Å². The van der Waals surface area contributed by atoms with Crippen LogP contribution in [0, 0.1) is 6.92 Å². The average molecular weight is 535 g/mol. The van der Waals surface area contributed by atoms with Crippen LogP contribution < -0.4 is 20.3 Å². The number of amides is 4. The second-order valence-electron chi connectivity index (χ2n) is 10.2. The van der Waals surface area contributed by atoms with Gasteiger partial charge in [0.25, 0.3) is 0 Å². The van der Waals surface area contributed by atoms with Crippen molar-refractivity contribution in [2.45, 2.75) is 67.5 Å². The van der Waals surface area contributed by atoms with Crippen LogP contribution in [-0.2, 0) is 9.59 Å². The summed E-state index contributed by atoms with van der Waals surface area (Å²) in [4.78, 5) is 51.3. The van der Waals surface area contributed by atoms with E-state index in [1.54, 1.807) is 22.2 Å². The van der Waals surface area contributed by atoms with E-state index < -0.39 is 11.3 Å². The number of nitrogens with one attached hydrogen (secondary N) is 2. The highest BCUT2D eigenvalue weighted by molar-refractivity contribution is 8.01. The van der Waals surface area contributed by atoms with Crippen LogP contribution in [0.15, 0.2) is 42.2 Å². The molecule has 2 fully saturated rings. The maximum Gasteiger partial charge on any atom is 0.327 e. The van der Waals surface area contributed by atoms with Crippen LogP contribution in [0.1, 0.15) is 49.3 Å². The zero-order chi connectivity index (χ0) is 26.4. The van der Waals surface area contributed by atoms with Gasteiger partial charge in [0.1, 0.15) is 16.4 Å². The molecule has 3 aliphatic heterocycles. The standard InChI is InChI=1S/C27H30N6O4S/c1-3-21(34)32-11-5-6-16(14-32)30-25(35)24-23-22-18(9-10-28-26(22)38-24)33(27(36)31-23)19-13-29-20(12-15(19)2)37-17-7-4-8-17/h3,9-10,12-13,16-17,23-24H,1,4-8,11,14H2,2H3,(H,30,35)(H,31,36)/t16?,23?,24-/m1/s1. The number of likely N-dealkylation sites (tertiary alicyclic amines) is 1. The van der Waals surface area contributed by atoms with Crippen molar-refractivity contribution in [1.29, 1.82) is 0 Å². The van der Waals surface area contributed by atoms with E-state index in [2.05, 4.69) is 27.2 Å². The summed E-state index contributed by atoms with van der Waals surface area (Å²) in [6.45, 7) is 6.60. The lowest BCUT2D eigenvalue weighted by atomic mass is 9.96. The van der Waals surface area contributed by atoms with Gasteiger partial charge in [-0.1, -0.05) is 18.3 Å². The van der Waals surface area contributed by atoms with Crippen molar-refractivity contribution >= 4 is 41.0 Å². The fourth-order valence-corrected chi connectivity index (χ4v) is 6.69. The number of thioether (sulfide) groups is 1. The largest absolute Gasteiger partial charge is 0.474 e. The van der Waals surface area contributed by atoms with Gasteiger partial charge in [0.15, 0.2) is 0 Å². The van der Waals surface area contributed by atoms with Crippen LogP contribution in [0.5, 0.6) is 5.88 Å². The van der Waals surface area contributed by atoms with Crippen LogP contribution in [0.25, 0.3) is 0 Å². The molecule has 2 aromatic heterocycles. The molecule has 38 heavy (non-hydrogen) atoms. The second-order valence-corrected chi connectivity index (χ2v) is 11.3. The minimum absolute atomic E-state index is 0.132. The lowest BCUT2D eigenvalue weighted by Gasteiger charge is -2.36. The number of aryl methyl sites for hydroxylation is 1. The third-order valence-electron chi connectivity index (χ3n) is 7.66. The van der Waals surface area contributed by atoms with Crippen molar-refractivity contribution in [3.63, 3.8) is 0 Å². The van der Waals surface area contributed by atoms with Crippen LogP contribution in [0.3, 0.4) is 0 Å². The van der Waals surface area contributed by atoms with E-state index in [0.29, 0.717) is 30.3 Å². The maximum atomic E-state index is 13.5. The molecule has 1 saturated carbocycles. The number of carbonyl (C=O) groups is 3. The Bertz CT molecular complexity index is 1310. The monoisotopic (exact) mass is 534 g/mol. The lowest BCUT2D eigenvalue weighted by molar-refractivity contribution is -0.129. The fraction of sp³-hybridized carbons (Fsp3) is 0.444. The molecule has 4 aliphatic rings. The molecule has 0 bridgehead atoms. The van der Waals surface area contributed by atoms with Crippen LogP contribution in [0.4, 0.5) is 16.2 Å². The third kappa shape index (κ3) is 4.38. The Morgan fingerprint density at radius 1 is 1.24 bits per heavy atom. The van der Waals surface area contributed by atoms with Gasteiger partial charge in [-0.2, -0.15) is 0 Å². The summed E-state index contributed by atoms with van der Waals surface area (Å²) >= 11 is 1.36. The van der Waals surface area contributed by atoms with E-state index in [4.69, 9.17) is 4.74 Å². The molecule has 0 spiro atoms. The van der Waals surface area contributed by atoms with Crippen LogP contribution >= 0.6 is 11.8 Å². The molecule has 6 rings (SSSR count). The summed E-state index contributed by atoms with van der Waals surface area (Å²) in [5, 5.41) is 6.31. The van der Waals surface area contributed by atoms with Gasteiger partial charge in [-0.15, -0.1) is 0 Å². The first-order valence-electron chi connectivity index (χ1n) is 13.0. The highest BCUT2D eigenvalue weighted by Crippen LogP contribution is 2.51. The predicted molar refractivity (Wildman–Crippen MR) is 142 cm³/mol. The van der Waals surface area contributed by atoms with Gasteiger partial charge in [-0.25, -0.2) is 14.8 Å². The highest BCUT2D eigenvalue weighted by Gasteiger charge is 2.47. The van der Waals surface area contributed by atoms with E-state index in [1.165, 1.54) is 24.3 Å². The topological polar surface area (TPSA) is 117 Å². The number of anilines is 2. The van der Waals surface area contributed by atoms with Gasteiger partial charge in [0, 0.05) is 37.0 Å². The van der Waals surface area contributed by atoms with Crippen molar-refractivity contribution < 1.29 is 19.1 Å². The number of rotatable bonds is 6. The third-order valence-corrected chi connectivity index (χ3v) is 8.95. The molecule has 5 heterocycles. The Kier molecular flexibility index (Phi) is 6.46. The minimum Gasteiger partial charge on any atom is -0.474 e. The molecule has 2 unspecified atom stereocenters. The predicted octanol–water partition coefficient (Wildman–Crippen LogP) is 3.39. The Hall–Kier alpha value is -3.60. The van der Waals surface area contributed by atoms with E-state index in [0.717, 1.165) is 41.8 Å². The molecule has 1 aliphatic carbocycles. The normalized spacial score (nSPS) is 24.2. The number of urea groups is 1. The average Bonchev–Trinajstić information content (AvgIpc) is 3.26. The quantitative estimate of drug-likeness (QED) is 0.546. The summed E-state index contributed by atoms with van der Waals surface area (Å²) in [5.41, 5.74) is 3.05.